The molecule has 1 aromatic carbocycles. The van der Waals surface area contributed by atoms with E-state index < -0.39 is 0 Å². The summed E-state index contributed by atoms with van der Waals surface area (Å²) in [5.74, 6) is 0.120. The number of nitrogens with zero attached hydrogens (tertiary/aromatic N) is 1. The predicted octanol–water partition coefficient (Wildman–Crippen LogP) is 2.51. The minimum absolute atomic E-state index is 0.0875. The fourth-order valence-corrected chi connectivity index (χ4v) is 3.29. The lowest BCUT2D eigenvalue weighted by Crippen LogP contribution is -2.42. The van der Waals surface area contributed by atoms with Gasteiger partial charge in [-0.25, -0.2) is 0 Å². The van der Waals surface area contributed by atoms with E-state index >= 15 is 0 Å². The predicted molar refractivity (Wildman–Crippen MR) is 81.9 cm³/mol. The maximum Gasteiger partial charge on any atom is 0.227 e. The molecule has 0 spiro atoms. The first kappa shape index (κ1) is 13.9. The van der Waals surface area contributed by atoms with Crippen molar-refractivity contribution in [3.63, 3.8) is 0 Å². The standard InChI is InChI=1S/C17H20N2O2/c1-12(20)18-14-7-5-13(6-8-14)11-17(21)19-15-3-2-4-16(19)10-9-15/h2-3,5-8,15-16H,4,9-11H2,1H3,(H,18,20). The number of carbonyl (C=O) groups is 2. The average Bonchev–Trinajstić information content (AvgIpc) is 2.70. The monoisotopic (exact) mass is 284 g/mol. The largest absolute Gasteiger partial charge is 0.333 e. The maximum absolute atomic E-state index is 12.5. The molecule has 0 aliphatic carbocycles. The summed E-state index contributed by atoms with van der Waals surface area (Å²) in [7, 11) is 0. The third-order valence-corrected chi connectivity index (χ3v) is 4.23. The molecule has 2 aliphatic heterocycles. The van der Waals surface area contributed by atoms with E-state index in [9.17, 15) is 9.59 Å². The quantitative estimate of drug-likeness (QED) is 0.867. The number of carbonyl (C=O) groups excluding carboxylic acids is 2. The van der Waals surface area contributed by atoms with Crippen molar-refractivity contribution in [3.05, 3.63) is 42.0 Å². The Hall–Kier alpha value is -2.10. The van der Waals surface area contributed by atoms with Crippen LogP contribution < -0.4 is 5.32 Å². The minimum atomic E-state index is -0.0875. The number of rotatable bonds is 3. The van der Waals surface area contributed by atoms with Crippen LogP contribution in [0.1, 0.15) is 31.7 Å². The molecular weight excluding hydrogens is 264 g/mol. The third kappa shape index (κ3) is 2.99. The number of amides is 2. The van der Waals surface area contributed by atoms with Crippen LogP contribution in [0.3, 0.4) is 0 Å². The topological polar surface area (TPSA) is 49.4 Å². The summed E-state index contributed by atoms with van der Waals surface area (Å²) in [6.07, 6.45) is 8.00. The highest BCUT2D eigenvalue weighted by Crippen LogP contribution is 2.32. The van der Waals surface area contributed by atoms with Crippen molar-refractivity contribution in [1.82, 2.24) is 4.90 Å². The number of hydrogen-bond acceptors (Lipinski definition) is 2. The number of nitrogens with one attached hydrogen (secondary N) is 1. The molecule has 1 N–H and O–H groups in total. The van der Waals surface area contributed by atoms with Crippen LogP contribution >= 0.6 is 0 Å². The van der Waals surface area contributed by atoms with Crippen molar-refractivity contribution in [2.45, 2.75) is 44.7 Å². The first-order chi connectivity index (χ1) is 10.1. The zero-order valence-electron chi connectivity index (χ0n) is 12.2. The van der Waals surface area contributed by atoms with Gasteiger partial charge in [0, 0.05) is 18.7 Å². The van der Waals surface area contributed by atoms with Crippen LogP contribution in [-0.4, -0.2) is 28.8 Å². The first-order valence-electron chi connectivity index (χ1n) is 7.48. The fraction of sp³-hybridized carbons (Fsp3) is 0.412. The van der Waals surface area contributed by atoms with E-state index in [-0.39, 0.29) is 11.8 Å². The summed E-state index contributed by atoms with van der Waals surface area (Å²) in [5.41, 5.74) is 1.75. The van der Waals surface area contributed by atoms with Crippen molar-refractivity contribution < 1.29 is 9.59 Å². The van der Waals surface area contributed by atoms with Gasteiger partial charge in [-0.3, -0.25) is 9.59 Å². The van der Waals surface area contributed by atoms with Gasteiger partial charge in [0.15, 0.2) is 0 Å². The molecule has 4 nitrogen and oxygen atoms in total. The fourth-order valence-electron chi connectivity index (χ4n) is 3.29. The summed E-state index contributed by atoms with van der Waals surface area (Å²) >= 11 is 0. The van der Waals surface area contributed by atoms with Crippen molar-refractivity contribution in [1.29, 1.82) is 0 Å². The van der Waals surface area contributed by atoms with Crippen LogP contribution in [0, 0.1) is 0 Å². The Bertz CT molecular complexity index is 577. The Balaban J connectivity index is 1.65. The minimum Gasteiger partial charge on any atom is -0.333 e. The zero-order chi connectivity index (χ0) is 14.8. The van der Waals surface area contributed by atoms with Gasteiger partial charge in [0.1, 0.15) is 0 Å². The van der Waals surface area contributed by atoms with E-state index in [1.165, 1.54) is 6.92 Å². The van der Waals surface area contributed by atoms with Crippen LogP contribution in [0.15, 0.2) is 36.4 Å². The van der Waals surface area contributed by atoms with Gasteiger partial charge in [0.25, 0.3) is 0 Å². The zero-order valence-corrected chi connectivity index (χ0v) is 12.2. The molecule has 0 radical (unpaired) electrons. The molecule has 21 heavy (non-hydrogen) atoms. The molecule has 1 aromatic rings. The molecule has 2 aliphatic rings. The smallest absolute Gasteiger partial charge is 0.227 e. The van der Waals surface area contributed by atoms with E-state index in [2.05, 4.69) is 22.4 Å². The maximum atomic E-state index is 12.5. The Morgan fingerprint density at radius 2 is 2.00 bits per heavy atom. The van der Waals surface area contributed by atoms with Crippen LogP contribution in [-0.2, 0) is 16.0 Å². The summed E-state index contributed by atoms with van der Waals surface area (Å²) < 4.78 is 0. The second-order valence-corrected chi connectivity index (χ2v) is 5.82. The Morgan fingerprint density at radius 3 is 2.67 bits per heavy atom. The Kier molecular flexibility index (Phi) is 3.78. The third-order valence-electron chi connectivity index (χ3n) is 4.23. The first-order valence-corrected chi connectivity index (χ1v) is 7.48. The van der Waals surface area contributed by atoms with E-state index in [1.807, 2.05) is 24.3 Å². The SMILES string of the molecule is CC(=O)Nc1ccc(CC(=O)N2C3C=CCC2CC3)cc1. The van der Waals surface area contributed by atoms with Crippen molar-refractivity contribution in [3.8, 4) is 0 Å². The molecule has 2 atom stereocenters. The van der Waals surface area contributed by atoms with Crippen molar-refractivity contribution in [2.24, 2.45) is 0 Å². The molecule has 2 amide bonds. The Morgan fingerprint density at radius 1 is 1.24 bits per heavy atom. The van der Waals surface area contributed by atoms with Gasteiger partial charge in [-0.2, -0.15) is 0 Å². The molecule has 1 saturated heterocycles. The normalized spacial score (nSPS) is 23.2. The van der Waals surface area contributed by atoms with Crippen LogP contribution in [0.5, 0.6) is 0 Å². The molecule has 4 heteroatoms. The molecule has 2 unspecified atom stereocenters. The highest BCUT2D eigenvalue weighted by atomic mass is 16.2. The van der Waals surface area contributed by atoms with Gasteiger partial charge in [0.2, 0.25) is 11.8 Å². The van der Waals surface area contributed by atoms with Crippen LogP contribution in [0.2, 0.25) is 0 Å². The van der Waals surface area contributed by atoms with Gasteiger partial charge < -0.3 is 10.2 Å². The molecule has 0 aromatic heterocycles. The number of anilines is 1. The van der Waals surface area contributed by atoms with Crippen molar-refractivity contribution >= 4 is 17.5 Å². The van der Waals surface area contributed by atoms with E-state index in [0.717, 1.165) is 30.5 Å². The van der Waals surface area contributed by atoms with E-state index in [4.69, 9.17) is 0 Å². The Labute approximate surface area is 124 Å². The van der Waals surface area contributed by atoms with Gasteiger partial charge in [-0.05, 0) is 37.0 Å². The highest BCUT2D eigenvalue weighted by Gasteiger charge is 2.36. The van der Waals surface area contributed by atoms with Crippen molar-refractivity contribution in [2.75, 3.05) is 5.32 Å². The number of benzene rings is 1. The van der Waals surface area contributed by atoms with Gasteiger partial charge in [0.05, 0.1) is 12.5 Å². The second-order valence-electron chi connectivity index (χ2n) is 5.82. The van der Waals surface area contributed by atoms with E-state index in [0.29, 0.717) is 18.5 Å². The van der Waals surface area contributed by atoms with Gasteiger partial charge >= 0.3 is 0 Å². The lowest BCUT2D eigenvalue weighted by Gasteiger charge is -2.31. The lowest BCUT2D eigenvalue weighted by molar-refractivity contribution is -0.132. The molecule has 3 rings (SSSR count). The summed E-state index contributed by atoms with van der Waals surface area (Å²) in [4.78, 5) is 25.6. The molecule has 2 heterocycles. The van der Waals surface area contributed by atoms with E-state index in [1.54, 1.807) is 0 Å². The van der Waals surface area contributed by atoms with Crippen LogP contribution in [0.25, 0.3) is 0 Å². The van der Waals surface area contributed by atoms with Gasteiger partial charge in [-0.1, -0.05) is 24.3 Å². The molecule has 0 saturated carbocycles. The van der Waals surface area contributed by atoms with Crippen LogP contribution in [0.4, 0.5) is 5.69 Å². The number of hydrogen-bond donors (Lipinski definition) is 1. The summed E-state index contributed by atoms with van der Waals surface area (Å²) in [6, 6.07) is 8.19. The molecule has 1 fully saturated rings. The lowest BCUT2D eigenvalue weighted by atomic mass is 10.1. The summed E-state index contributed by atoms with van der Waals surface area (Å²) in [6.45, 7) is 1.48. The molecular formula is C17H20N2O2. The number of fused-ring (bicyclic) bond motifs is 2. The summed E-state index contributed by atoms with van der Waals surface area (Å²) in [5, 5.41) is 2.73. The van der Waals surface area contributed by atoms with Gasteiger partial charge in [-0.15, -0.1) is 0 Å². The molecule has 110 valence electrons. The average molecular weight is 284 g/mol. The molecule has 2 bridgehead atoms. The second kappa shape index (κ2) is 5.72. The highest BCUT2D eigenvalue weighted by molar-refractivity contribution is 5.88.